The van der Waals surface area contributed by atoms with E-state index in [2.05, 4.69) is 43.5 Å². The van der Waals surface area contributed by atoms with Crippen LogP contribution in [0.5, 0.6) is 0 Å². The zero-order valence-electron chi connectivity index (χ0n) is 49.2. The summed E-state index contributed by atoms with van der Waals surface area (Å²) in [5, 5.41) is 65.3. The largest absolute Gasteiger partial charge is 0.394 e. The topological polar surface area (TPSA) is 169 Å². The summed E-state index contributed by atoms with van der Waals surface area (Å²) in [4.78, 5) is 13.2. The molecule has 1 aliphatic heterocycles. The normalized spacial score (nSPS) is 19.4. The summed E-state index contributed by atoms with van der Waals surface area (Å²) >= 11 is 0. The van der Waals surface area contributed by atoms with Gasteiger partial charge in [0.25, 0.3) is 0 Å². The summed E-state index contributed by atoms with van der Waals surface area (Å²) < 4.78 is 11.2. The number of rotatable bonds is 57. The third-order valence-electron chi connectivity index (χ3n) is 15.9. The third kappa shape index (κ3) is 43.2. The standard InChI is InChI=1S/C65H125NO9/c1-3-5-7-9-11-13-15-17-19-20-21-22-23-24-25-26-27-28-29-30-31-32-33-34-35-36-37-38-39-40-42-44-46-48-50-52-54-59(69)64(73)66-57(56-74-65-63(72)62(71)61(70)60(55-67)75-65)58(68)53-51-49-47-45-43-41-18-16-14-12-10-8-6-4-2/h25-26,28-29,57-63,65,67-72H,3-24,27,30-56H2,1-2H3,(H,66,73)/b26-25-,29-28-. The predicted octanol–water partition coefficient (Wildman–Crippen LogP) is 15.9. The molecule has 0 aliphatic carbocycles. The molecule has 10 nitrogen and oxygen atoms in total. The van der Waals surface area contributed by atoms with Crippen LogP contribution in [-0.2, 0) is 14.3 Å². The van der Waals surface area contributed by atoms with Crippen molar-refractivity contribution in [2.75, 3.05) is 13.2 Å². The molecule has 10 heteroatoms. The summed E-state index contributed by atoms with van der Waals surface area (Å²) in [5.41, 5.74) is 0. The molecule has 1 rings (SSSR count). The summed E-state index contributed by atoms with van der Waals surface area (Å²) in [6, 6.07) is -0.893. The molecule has 0 aromatic heterocycles. The van der Waals surface area contributed by atoms with Gasteiger partial charge in [-0.05, 0) is 44.9 Å². The molecule has 0 aromatic rings. The van der Waals surface area contributed by atoms with Crippen molar-refractivity contribution in [1.82, 2.24) is 5.32 Å². The number of nitrogens with one attached hydrogen (secondary N) is 1. The zero-order valence-corrected chi connectivity index (χ0v) is 49.2. The van der Waals surface area contributed by atoms with E-state index in [1.54, 1.807) is 0 Å². The van der Waals surface area contributed by atoms with Crippen LogP contribution in [-0.4, -0.2) is 98.7 Å². The Morgan fingerprint density at radius 3 is 1.15 bits per heavy atom. The lowest BCUT2D eigenvalue weighted by Gasteiger charge is -2.40. The average molecular weight is 1060 g/mol. The summed E-state index contributed by atoms with van der Waals surface area (Å²) in [6.45, 7) is 3.71. The Hall–Kier alpha value is -1.37. The fraction of sp³-hybridized carbons (Fsp3) is 0.923. The molecule has 1 heterocycles. The van der Waals surface area contributed by atoms with Crippen LogP contribution in [0.1, 0.15) is 322 Å². The van der Waals surface area contributed by atoms with E-state index in [0.29, 0.717) is 12.8 Å². The number of aliphatic hydroxyl groups excluding tert-OH is 6. The van der Waals surface area contributed by atoms with Gasteiger partial charge in [0, 0.05) is 0 Å². The third-order valence-corrected chi connectivity index (χ3v) is 15.9. The molecule has 444 valence electrons. The highest BCUT2D eigenvalue weighted by molar-refractivity contribution is 5.80. The van der Waals surface area contributed by atoms with Crippen LogP contribution in [0.4, 0.5) is 0 Å². The molecule has 75 heavy (non-hydrogen) atoms. The number of unbranched alkanes of at least 4 members (excludes halogenated alkanes) is 42. The van der Waals surface area contributed by atoms with Gasteiger partial charge in [-0.2, -0.15) is 0 Å². The van der Waals surface area contributed by atoms with Crippen molar-refractivity contribution < 1.29 is 44.9 Å². The lowest BCUT2D eigenvalue weighted by Crippen LogP contribution is -2.60. The van der Waals surface area contributed by atoms with E-state index in [1.165, 1.54) is 238 Å². The Morgan fingerprint density at radius 2 is 0.787 bits per heavy atom. The quantitative estimate of drug-likeness (QED) is 0.0232. The Kier molecular flexibility index (Phi) is 52.1. The second kappa shape index (κ2) is 54.6. The number of carbonyl (C=O) groups excluding carboxylic acids is 1. The van der Waals surface area contributed by atoms with Crippen molar-refractivity contribution >= 4 is 5.91 Å². The van der Waals surface area contributed by atoms with Gasteiger partial charge in [-0.3, -0.25) is 4.79 Å². The lowest BCUT2D eigenvalue weighted by molar-refractivity contribution is -0.302. The minimum Gasteiger partial charge on any atom is -0.394 e. The molecule has 1 amide bonds. The Balaban J connectivity index is 2.09. The minimum absolute atomic E-state index is 0.252. The number of hydrogen-bond donors (Lipinski definition) is 7. The van der Waals surface area contributed by atoms with Crippen molar-refractivity contribution in [2.45, 2.75) is 371 Å². The first kappa shape index (κ1) is 71.6. The van der Waals surface area contributed by atoms with E-state index >= 15 is 0 Å². The van der Waals surface area contributed by atoms with Crippen molar-refractivity contribution in [3.8, 4) is 0 Å². The number of carbonyl (C=O) groups is 1. The monoisotopic (exact) mass is 1060 g/mol. The summed E-state index contributed by atoms with van der Waals surface area (Å²) in [6.07, 6.45) is 59.9. The molecule has 0 spiro atoms. The van der Waals surface area contributed by atoms with Crippen LogP contribution in [0.15, 0.2) is 24.3 Å². The Bertz CT molecular complexity index is 1250. The fourth-order valence-corrected chi connectivity index (χ4v) is 10.7. The number of ether oxygens (including phenoxy) is 2. The van der Waals surface area contributed by atoms with Gasteiger partial charge in [-0.25, -0.2) is 0 Å². The van der Waals surface area contributed by atoms with Crippen molar-refractivity contribution in [3.63, 3.8) is 0 Å². The zero-order chi connectivity index (χ0) is 54.5. The van der Waals surface area contributed by atoms with Gasteiger partial charge in [0.2, 0.25) is 5.91 Å². The first-order valence-corrected chi connectivity index (χ1v) is 32.6. The summed E-state index contributed by atoms with van der Waals surface area (Å²) in [7, 11) is 0. The Labute approximate surface area is 462 Å². The van der Waals surface area contributed by atoms with Gasteiger partial charge < -0.3 is 45.4 Å². The van der Waals surface area contributed by atoms with Gasteiger partial charge in [0.1, 0.15) is 30.5 Å². The second-order valence-corrected chi connectivity index (χ2v) is 23.1. The van der Waals surface area contributed by atoms with Gasteiger partial charge in [0.15, 0.2) is 6.29 Å². The molecule has 1 saturated heterocycles. The molecule has 0 bridgehead atoms. The SMILES string of the molecule is CCCCCCCCCCCCCCC/C=C\C/C=C\CCCCCCCCCCCCCCCCCCC(O)C(=O)NC(COC1OC(CO)C(O)C(O)C1O)C(O)CCCCCCCCCCCCCCCC. The highest BCUT2D eigenvalue weighted by atomic mass is 16.7. The molecule has 7 N–H and O–H groups in total. The van der Waals surface area contributed by atoms with E-state index in [4.69, 9.17) is 9.47 Å². The molecule has 0 saturated carbocycles. The maximum atomic E-state index is 13.2. The van der Waals surface area contributed by atoms with Gasteiger partial charge in [0.05, 0.1) is 25.4 Å². The molecular formula is C65H125NO9. The van der Waals surface area contributed by atoms with Crippen LogP contribution in [0.25, 0.3) is 0 Å². The number of aliphatic hydroxyl groups is 6. The maximum absolute atomic E-state index is 13.2. The lowest BCUT2D eigenvalue weighted by atomic mass is 9.99. The van der Waals surface area contributed by atoms with Crippen molar-refractivity contribution in [1.29, 1.82) is 0 Å². The van der Waals surface area contributed by atoms with Gasteiger partial charge >= 0.3 is 0 Å². The predicted molar refractivity (Wildman–Crippen MR) is 315 cm³/mol. The van der Waals surface area contributed by atoms with E-state index in [-0.39, 0.29) is 6.61 Å². The maximum Gasteiger partial charge on any atom is 0.249 e. The van der Waals surface area contributed by atoms with Gasteiger partial charge in [-0.1, -0.05) is 301 Å². The van der Waals surface area contributed by atoms with Crippen LogP contribution in [0.2, 0.25) is 0 Å². The molecule has 0 aromatic carbocycles. The van der Waals surface area contributed by atoms with Crippen LogP contribution in [0, 0.1) is 0 Å². The van der Waals surface area contributed by atoms with E-state index in [0.717, 1.165) is 57.8 Å². The van der Waals surface area contributed by atoms with E-state index in [1.807, 2.05) is 0 Å². The smallest absolute Gasteiger partial charge is 0.249 e. The van der Waals surface area contributed by atoms with Crippen LogP contribution < -0.4 is 5.32 Å². The van der Waals surface area contributed by atoms with Crippen LogP contribution >= 0.6 is 0 Å². The first-order chi connectivity index (χ1) is 36.8. The highest BCUT2D eigenvalue weighted by Crippen LogP contribution is 2.24. The molecule has 1 fully saturated rings. The minimum atomic E-state index is -1.60. The molecule has 8 atom stereocenters. The molecule has 0 radical (unpaired) electrons. The number of amides is 1. The highest BCUT2D eigenvalue weighted by Gasteiger charge is 2.44. The fourth-order valence-electron chi connectivity index (χ4n) is 10.7. The van der Waals surface area contributed by atoms with Gasteiger partial charge in [-0.15, -0.1) is 0 Å². The first-order valence-electron chi connectivity index (χ1n) is 32.6. The average Bonchev–Trinajstić information content (AvgIpc) is 3.41. The molecular weight excluding hydrogens is 939 g/mol. The second-order valence-electron chi connectivity index (χ2n) is 23.1. The van der Waals surface area contributed by atoms with Crippen LogP contribution in [0.3, 0.4) is 0 Å². The van der Waals surface area contributed by atoms with E-state index < -0.39 is 61.5 Å². The van der Waals surface area contributed by atoms with E-state index in [9.17, 15) is 35.4 Å². The molecule has 1 aliphatic rings. The number of hydrogen-bond acceptors (Lipinski definition) is 9. The van der Waals surface area contributed by atoms with Crippen molar-refractivity contribution in [3.05, 3.63) is 24.3 Å². The Morgan fingerprint density at radius 1 is 0.453 bits per heavy atom. The number of allylic oxidation sites excluding steroid dienone is 4. The molecule has 8 unspecified atom stereocenters. The summed E-state index contributed by atoms with van der Waals surface area (Å²) in [5.74, 6) is -0.579. The van der Waals surface area contributed by atoms with Crippen molar-refractivity contribution in [2.24, 2.45) is 0 Å².